The number of thioether (sulfide) groups is 1. The minimum atomic E-state index is 0.564. The number of nitrogens with zero attached hydrogens (tertiary/aromatic N) is 2. The molecule has 0 aliphatic heterocycles. The molecule has 0 unspecified atom stereocenters. The summed E-state index contributed by atoms with van der Waals surface area (Å²) < 4.78 is 2.70. The number of hydrogen-bond donors (Lipinski definition) is 1. The second kappa shape index (κ2) is 5.73. The smallest absolute Gasteiger partial charge is 0.0945 e. The molecule has 1 aliphatic carbocycles. The molecule has 0 bridgehead atoms. The van der Waals surface area contributed by atoms with Gasteiger partial charge in [0.25, 0.3) is 0 Å². The highest BCUT2D eigenvalue weighted by molar-refractivity contribution is 8.00. The Morgan fingerprint density at radius 1 is 1.50 bits per heavy atom. The van der Waals surface area contributed by atoms with Crippen molar-refractivity contribution in [1.82, 2.24) is 14.9 Å². The molecule has 1 aromatic heterocycles. The van der Waals surface area contributed by atoms with Gasteiger partial charge in [0, 0.05) is 30.2 Å². The number of imidazole rings is 1. The van der Waals surface area contributed by atoms with Crippen LogP contribution in [0.3, 0.4) is 0 Å². The predicted octanol–water partition coefficient (Wildman–Crippen LogP) is 2.15. The summed E-state index contributed by atoms with van der Waals surface area (Å²) in [5.74, 6) is 0. The minimum Gasteiger partial charge on any atom is -0.337 e. The minimum absolute atomic E-state index is 0.564. The van der Waals surface area contributed by atoms with Gasteiger partial charge in [-0.25, -0.2) is 4.98 Å². The second-order valence-electron chi connectivity index (χ2n) is 4.57. The van der Waals surface area contributed by atoms with Crippen LogP contribution < -0.4 is 5.32 Å². The first-order valence-corrected chi connectivity index (χ1v) is 7.29. The van der Waals surface area contributed by atoms with Crippen LogP contribution in [0.4, 0.5) is 0 Å². The summed E-state index contributed by atoms with van der Waals surface area (Å²) in [6.07, 6.45) is 13.4. The zero-order chi connectivity index (χ0) is 11.3. The van der Waals surface area contributed by atoms with E-state index in [1.54, 1.807) is 0 Å². The molecule has 1 aliphatic rings. The van der Waals surface area contributed by atoms with Crippen molar-refractivity contribution in [2.45, 2.75) is 37.0 Å². The first kappa shape index (κ1) is 12.0. The third kappa shape index (κ3) is 3.01. The van der Waals surface area contributed by atoms with Crippen LogP contribution in [0.1, 0.15) is 25.7 Å². The van der Waals surface area contributed by atoms with Crippen molar-refractivity contribution in [3.05, 3.63) is 18.7 Å². The van der Waals surface area contributed by atoms with Gasteiger partial charge < -0.3 is 9.88 Å². The molecule has 3 nitrogen and oxygen atoms in total. The third-order valence-electron chi connectivity index (χ3n) is 3.47. The van der Waals surface area contributed by atoms with E-state index in [9.17, 15) is 0 Å². The molecule has 0 atom stereocenters. The van der Waals surface area contributed by atoms with Crippen molar-refractivity contribution in [2.24, 2.45) is 0 Å². The highest BCUT2D eigenvalue weighted by Crippen LogP contribution is 2.42. The number of rotatable bonds is 7. The highest BCUT2D eigenvalue weighted by atomic mass is 32.2. The van der Waals surface area contributed by atoms with Crippen LogP contribution in [0.25, 0.3) is 0 Å². The summed E-state index contributed by atoms with van der Waals surface area (Å²) in [4.78, 5) is 4.04. The van der Waals surface area contributed by atoms with Crippen LogP contribution >= 0.6 is 11.8 Å². The van der Waals surface area contributed by atoms with Crippen LogP contribution in [-0.4, -0.2) is 33.6 Å². The Labute approximate surface area is 102 Å². The zero-order valence-corrected chi connectivity index (χ0v) is 10.8. The fraction of sp³-hybridized carbons (Fsp3) is 0.750. The Kier molecular flexibility index (Phi) is 4.29. The molecule has 2 rings (SSSR count). The van der Waals surface area contributed by atoms with Crippen LogP contribution in [0.15, 0.2) is 18.7 Å². The van der Waals surface area contributed by atoms with E-state index in [0.29, 0.717) is 4.75 Å². The van der Waals surface area contributed by atoms with E-state index in [1.165, 1.54) is 32.2 Å². The van der Waals surface area contributed by atoms with Gasteiger partial charge in [-0.05, 0) is 32.1 Å². The molecule has 0 saturated heterocycles. The standard InChI is InChI=1S/C12H21N3S/c1-16-12(4-2-5-12)10-13-6-3-8-15-9-7-14-11-15/h7,9,11,13H,2-6,8,10H2,1H3. The Morgan fingerprint density at radius 3 is 2.94 bits per heavy atom. The molecular formula is C12H21N3S. The van der Waals surface area contributed by atoms with Gasteiger partial charge in [-0.15, -0.1) is 0 Å². The molecule has 4 heteroatoms. The number of hydrogen-bond acceptors (Lipinski definition) is 3. The zero-order valence-electron chi connectivity index (χ0n) is 9.98. The molecule has 1 N–H and O–H groups in total. The summed E-state index contributed by atoms with van der Waals surface area (Å²) in [6, 6.07) is 0. The third-order valence-corrected chi connectivity index (χ3v) is 4.89. The monoisotopic (exact) mass is 239 g/mol. The lowest BCUT2D eigenvalue weighted by Crippen LogP contribution is -2.43. The van der Waals surface area contributed by atoms with Gasteiger partial charge in [0.1, 0.15) is 0 Å². The Balaban J connectivity index is 1.55. The van der Waals surface area contributed by atoms with Gasteiger partial charge in [-0.1, -0.05) is 6.42 Å². The van der Waals surface area contributed by atoms with E-state index >= 15 is 0 Å². The molecule has 0 amide bonds. The van der Waals surface area contributed by atoms with Crippen molar-refractivity contribution in [3.63, 3.8) is 0 Å². The highest BCUT2D eigenvalue weighted by Gasteiger charge is 2.35. The summed E-state index contributed by atoms with van der Waals surface area (Å²) in [6.45, 7) is 3.36. The largest absolute Gasteiger partial charge is 0.337 e. The second-order valence-corrected chi connectivity index (χ2v) is 5.85. The van der Waals surface area contributed by atoms with Gasteiger partial charge in [-0.2, -0.15) is 11.8 Å². The van der Waals surface area contributed by atoms with Crippen LogP contribution in [0.2, 0.25) is 0 Å². The molecule has 16 heavy (non-hydrogen) atoms. The van der Waals surface area contributed by atoms with E-state index in [2.05, 4.69) is 21.1 Å². The number of aromatic nitrogens is 2. The fourth-order valence-corrected chi connectivity index (χ4v) is 3.09. The molecule has 0 spiro atoms. The molecule has 1 fully saturated rings. The summed E-state index contributed by atoms with van der Waals surface area (Å²) in [7, 11) is 0. The summed E-state index contributed by atoms with van der Waals surface area (Å²) >= 11 is 2.04. The fourth-order valence-electron chi connectivity index (χ4n) is 2.15. The van der Waals surface area contributed by atoms with Crippen molar-refractivity contribution >= 4 is 11.8 Å². The van der Waals surface area contributed by atoms with Crippen molar-refractivity contribution < 1.29 is 0 Å². The molecule has 1 heterocycles. The van der Waals surface area contributed by atoms with E-state index in [0.717, 1.165) is 13.1 Å². The SMILES string of the molecule is CSC1(CNCCCn2ccnc2)CCC1. The lowest BCUT2D eigenvalue weighted by atomic mass is 9.84. The van der Waals surface area contributed by atoms with Crippen LogP contribution in [0.5, 0.6) is 0 Å². The normalized spacial score (nSPS) is 18.3. The topological polar surface area (TPSA) is 29.9 Å². The summed E-state index contributed by atoms with van der Waals surface area (Å²) in [5.41, 5.74) is 0. The summed E-state index contributed by atoms with van der Waals surface area (Å²) in [5, 5.41) is 3.59. The molecule has 0 radical (unpaired) electrons. The quantitative estimate of drug-likeness (QED) is 0.739. The maximum Gasteiger partial charge on any atom is 0.0945 e. The molecule has 1 saturated carbocycles. The van der Waals surface area contributed by atoms with Crippen molar-refractivity contribution in [2.75, 3.05) is 19.3 Å². The molecule has 90 valence electrons. The Morgan fingerprint density at radius 2 is 2.38 bits per heavy atom. The van der Waals surface area contributed by atoms with Crippen LogP contribution in [0, 0.1) is 0 Å². The average molecular weight is 239 g/mol. The van der Waals surface area contributed by atoms with Gasteiger partial charge in [0.15, 0.2) is 0 Å². The molecule has 0 aromatic carbocycles. The van der Waals surface area contributed by atoms with Gasteiger partial charge >= 0.3 is 0 Å². The van der Waals surface area contributed by atoms with E-state index < -0.39 is 0 Å². The Bertz CT molecular complexity index is 288. The first-order valence-electron chi connectivity index (χ1n) is 6.06. The Hall–Kier alpha value is -0.480. The lowest BCUT2D eigenvalue weighted by Gasteiger charge is -2.40. The number of nitrogens with one attached hydrogen (secondary N) is 1. The van der Waals surface area contributed by atoms with Gasteiger partial charge in [0.05, 0.1) is 6.33 Å². The molecule has 1 aromatic rings. The van der Waals surface area contributed by atoms with E-state index in [1.807, 2.05) is 30.5 Å². The van der Waals surface area contributed by atoms with E-state index in [-0.39, 0.29) is 0 Å². The average Bonchev–Trinajstić information content (AvgIpc) is 2.74. The maximum absolute atomic E-state index is 4.04. The van der Waals surface area contributed by atoms with Gasteiger partial charge in [0.2, 0.25) is 0 Å². The van der Waals surface area contributed by atoms with Crippen molar-refractivity contribution in [3.8, 4) is 0 Å². The number of aryl methyl sites for hydroxylation is 1. The molecular weight excluding hydrogens is 218 g/mol. The first-order chi connectivity index (χ1) is 7.85. The predicted molar refractivity (Wildman–Crippen MR) is 69.8 cm³/mol. The maximum atomic E-state index is 4.04. The van der Waals surface area contributed by atoms with Crippen LogP contribution in [-0.2, 0) is 6.54 Å². The van der Waals surface area contributed by atoms with Crippen molar-refractivity contribution in [1.29, 1.82) is 0 Å². The lowest BCUT2D eigenvalue weighted by molar-refractivity contribution is 0.344. The van der Waals surface area contributed by atoms with Gasteiger partial charge in [-0.3, -0.25) is 0 Å². The van der Waals surface area contributed by atoms with E-state index in [4.69, 9.17) is 0 Å².